The fraction of sp³-hybridized carbons (Fsp3) is 0.750. The number of nitrogens with zero attached hydrogens (tertiary/aromatic N) is 2. The molecule has 1 aromatic heterocycles. The van der Waals surface area contributed by atoms with E-state index in [4.69, 9.17) is 5.73 Å². The largest absolute Gasteiger partial charge is 0.328 e. The third-order valence-corrected chi connectivity index (χ3v) is 3.43. The molecular weight excluding hydrogens is 184 g/mol. The fourth-order valence-electron chi connectivity index (χ4n) is 1.60. The summed E-state index contributed by atoms with van der Waals surface area (Å²) < 4.78 is 0. The van der Waals surface area contributed by atoms with Crippen molar-refractivity contribution in [1.29, 1.82) is 0 Å². The van der Waals surface area contributed by atoms with Crippen molar-refractivity contribution < 1.29 is 0 Å². The molecule has 0 aliphatic heterocycles. The molecule has 4 nitrogen and oxygen atoms in total. The predicted molar refractivity (Wildman–Crippen MR) is 52.6 cm³/mol. The van der Waals surface area contributed by atoms with Gasteiger partial charge in [-0.1, -0.05) is 11.8 Å². The van der Waals surface area contributed by atoms with Crippen LogP contribution in [0.2, 0.25) is 0 Å². The number of nitrogens with one attached hydrogen (secondary N) is 1. The van der Waals surface area contributed by atoms with Gasteiger partial charge in [-0.05, 0) is 26.2 Å². The first kappa shape index (κ1) is 9.02. The van der Waals surface area contributed by atoms with Crippen LogP contribution in [0.3, 0.4) is 0 Å². The number of thioether (sulfide) groups is 1. The van der Waals surface area contributed by atoms with Gasteiger partial charge in [-0.2, -0.15) is 0 Å². The first-order chi connectivity index (χ1) is 6.24. The zero-order valence-electron chi connectivity index (χ0n) is 7.66. The molecule has 0 aromatic carbocycles. The van der Waals surface area contributed by atoms with Crippen LogP contribution < -0.4 is 5.73 Å². The van der Waals surface area contributed by atoms with Crippen LogP contribution in [0.25, 0.3) is 0 Å². The third kappa shape index (κ3) is 2.22. The van der Waals surface area contributed by atoms with E-state index in [-0.39, 0.29) is 0 Å². The van der Waals surface area contributed by atoms with Gasteiger partial charge in [-0.25, -0.2) is 4.98 Å². The zero-order chi connectivity index (χ0) is 9.26. The lowest BCUT2D eigenvalue weighted by molar-refractivity contribution is 0.705. The molecule has 1 heterocycles. The number of aromatic nitrogens is 3. The van der Waals surface area contributed by atoms with Crippen molar-refractivity contribution in [3.05, 3.63) is 5.82 Å². The number of hydrogen-bond acceptors (Lipinski definition) is 4. The molecule has 2 rings (SSSR count). The topological polar surface area (TPSA) is 67.6 Å². The average Bonchev–Trinajstić information content (AvgIpc) is 2.62. The molecule has 3 N–H and O–H groups in total. The van der Waals surface area contributed by atoms with E-state index >= 15 is 0 Å². The Labute approximate surface area is 81.7 Å². The summed E-state index contributed by atoms with van der Waals surface area (Å²) in [7, 11) is 0. The van der Waals surface area contributed by atoms with Gasteiger partial charge in [0.25, 0.3) is 0 Å². The first-order valence-electron chi connectivity index (χ1n) is 4.55. The number of hydrogen-bond donors (Lipinski definition) is 2. The van der Waals surface area contributed by atoms with Crippen LogP contribution in [-0.2, 0) is 0 Å². The van der Waals surface area contributed by atoms with Crippen LogP contribution in [0.4, 0.5) is 0 Å². The summed E-state index contributed by atoms with van der Waals surface area (Å²) in [6, 6.07) is 0.387. The van der Waals surface area contributed by atoms with E-state index in [0.717, 1.165) is 23.8 Å². The van der Waals surface area contributed by atoms with Crippen LogP contribution in [0.15, 0.2) is 5.16 Å². The minimum atomic E-state index is 0.387. The van der Waals surface area contributed by atoms with Crippen molar-refractivity contribution in [2.75, 3.05) is 0 Å². The van der Waals surface area contributed by atoms with Gasteiger partial charge < -0.3 is 5.73 Å². The maximum absolute atomic E-state index is 5.82. The van der Waals surface area contributed by atoms with E-state index in [1.807, 2.05) is 6.92 Å². The van der Waals surface area contributed by atoms with Crippen molar-refractivity contribution in [3.63, 3.8) is 0 Å². The van der Waals surface area contributed by atoms with Gasteiger partial charge in [0, 0.05) is 11.3 Å². The maximum atomic E-state index is 5.82. The lowest BCUT2D eigenvalue weighted by atomic mass is 10.3. The average molecular weight is 198 g/mol. The highest BCUT2D eigenvalue weighted by atomic mass is 32.2. The van der Waals surface area contributed by atoms with Gasteiger partial charge in [0.05, 0.1) is 0 Å². The first-order valence-corrected chi connectivity index (χ1v) is 5.43. The zero-order valence-corrected chi connectivity index (χ0v) is 8.47. The SMILES string of the molecule is Cc1nc(SC2CCC(N)C2)n[nH]1. The Morgan fingerprint density at radius 2 is 2.38 bits per heavy atom. The lowest BCUT2D eigenvalue weighted by Gasteiger charge is -2.04. The van der Waals surface area contributed by atoms with Gasteiger partial charge >= 0.3 is 0 Å². The molecule has 1 aromatic rings. The summed E-state index contributed by atoms with van der Waals surface area (Å²) >= 11 is 1.74. The Balaban J connectivity index is 1.91. The Morgan fingerprint density at radius 1 is 1.54 bits per heavy atom. The molecule has 1 aliphatic rings. The quantitative estimate of drug-likeness (QED) is 0.746. The monoisotopic (exact) mass is 198 g/mol. The highest BCUT2D eigenvalue weighted by Gasteiger charge is 2.23. The van der Waals surface area contributed by atoms with Crippen molar-refractivity contribution in [2.24, 2.45) is 5.73 Å². The fourth-order valence-corrected chi connectivity index (χ4v) is 2.79. The lowest BCUT2D eigenvalue weighted by Crippen LogP contribution is -2.15. The molecule has 2 unspecified atom stereocenters. The second-order valence-corrected chi connectivity index (χ2v) is 4.78. The van der Waals surface area contributed by atoms with E-state index in [2.05, 4.69) is 15.2 Å². The van der Waals surface area contributed by atoms with Crippen LogP contribution in [-0.4, -0.2) is 26.5 Å². The van der Waals surface area contributed by atoms with Gasteiger partial charge in [-0.15, -0.1) is 5.10 Å². The maximum Gasteiger partial charge on any atom is 0.208 e. The van der Waals surface area contributed by atoms with Crippen molar-refractivity contribution >= 4 is 11.8 Å². The minimum Gasteiger partial charge on any atom is -0.328 e. The van der Waals surface area contributed by atoms with Gasteiger partial charge in [-0.3, -0.25) is 5.10 Å². The second-order valence-electron chi connectivity index (χ2n) is 3.52. The molecule has 1 aliphatic carbocycles. The molecule has 1 fully saturated rings. The van der Waals surface area contributed by atoms with E-state index in [1.54, 1.807) is 11.8 Å². The van der Waals surface area contributed by atoms with Crippen LogP contribution >= 0.6 is 11.8 Å². The molecular formula is C8H14N4S. The molecule has 72 valence electrons. The van der Waals surface area contributed by atoms with Crippen molar-refractivity contribution in [2.45, 2.75) is 42.6 Å². The number of nitrogens with two attached hydrogens (primary N) is 1. The number of aryl methyl sites for hydroxylation is 1. The third-order valence-electron chi connectivity index (χ3n) is 2.27. The van der Waals surface area contributed by atoms with Gasteiger partial charge in [0.2, 0.25) is 5.16 Å². The molecule has 1 saturated carbocycles. The predicted octanol–water partition coefficient (Wildman–Crippen LogP) is 1.09. The van der Waals surface area contributed by atoms with Crippen LogP contribution in [0, 0.1) is 6.92 Å². The normalized spacial score (nSPS) is 28.2. The van der Waals surface area contributed by atoms with Crippen LogP contribution in [0.1, 0.15) is 25.1 Å². The van der Waals surface area contributed by atoms with Gasteiger partial charge in [0.1, 0.15) is 5.82 Å². The highest BCUT2D eigenvalue weighted by Crippen LogP contribution is 2.32. The number of H-pyrrole nitrogens is 1. The second kappa shape index (κ2) is 3.67. The standard InChI is InChI=1S/C8H14N4S/c1-5-10-8(12-11-5)13-7-3-2-6(9)4-7/h6-7H,2-4,9H2,1H3,(H,10,11,12). The molecule has 5 heteroatoms. The van der Waals surface area contributed by atoms with E-state index in [1.165, 1.54) is 6.42 Å². The van der Waals surface area contributed by atoms with E-state index in [0.29, 0.717) is 11.3 Å². The summed E-state index contributed by atoms with van der Waals surface area (Å²) in [6.45, 7) is 1.91. The molecule has 13 heavy (non-hydrogen) atoms. The Morgan fingerprint density at radius 3 is 2.92 bits per heavy atom. The molecule has 0 saturated heterocycles. The van der Waals surface area contributed by atoms with E-state index in [9.17, 15) is 0 Å². The van der Waals surface area contributed by atoms with Crippen LogP contribution in [0.5, 0.6) is 0 Å². The highest BCUT2D eigenvalue weighted by molar-refractivity contribution is 7.99. The number of rotatable bonds is 2. The minimum absolute atomic E-state index is 0.387. The molecule has 0 spiro atoms. The molecule has 0 radical (unpaired) electrons. The smallest absolute Gasteiger partial charge is 0.208 e. The molecule has 0 bridgehead atoms. The summed E-state index contributed by atoms with van der Waals surface area (Å²) in [5.74, 6) is 0.879. The summed E-state index contributed by atoms with van der Waals surface area (Å²) in [5.41, 5.74) is 5.82. The summed E-state index contributed by atoms with van der Waals surface area (Å²) in [5, 5.41) is 8.40. The number of aromatic amines is 1. The Kier molecular flexibility index (Phi) is 2.55. The summed E-state index contributed by atoms with van der Waals surface area (Å²) in [4.78, 5) is 4.25. The van der Waals surface area contributed by atoms with E-state index < -0.39 is 0 Å². The Bertz CT molecular complexity index is 285. The molecule has 2 atom stereocenters. The summed E-state index contributed by atoms with van der Waals surface area (Å²) in [6.07, 6.45) is 3.43. The molecule has 0 amide bonds. The Hall–Kier alpha value is -0.550. The van der Waals surface area contributed by atoms with Crippen molar-refractivity contribution in [3.8, 4) is 0 Å². The van der Waals surface area contributed by atoms with Gasteiger partial charge in [0.15, 0.2) is 0 Å². The van der Waals surface area contributed by atoms with Crippen molar-refractivity contribution in [1.82, 2.24) is 15.2 Å².